The van der Waals surface area contributed by atoms with E-state index in [9.17, 15) is 19.7 Å². The van der Waals surface area contributed by atoms with Crippen molar-refractivity contribution >= 4 is 23.1 Å². The minimum Gasteiger partial charge on any atom is -0.321 e. The van der Waals surface area contributed by atoms with Crippen molar-refractivity contribution in [1.82, 2.24) is 9.80 Å². The molecule has 0 atom stereocenters. The van der Waals surface area contributed by atoms with Crippen molar-refractivity contribution in [3.8, 4) is 0 Å². The van der Waals surface area contributed by atoms with Gasteiger partial charge in [-0.2, -0.15) is 0 Å². The van der Waals surface area contributed by atoms with Gasteiger partial charge in [-0.1, -0.05) is 12.1 Å². The fourth-order valence-electron chi connectivity index (χ4n) is 3.43. The van der Waals surface area contributed by atoms with Gasteiger partial charge >= 0.3 is 0 Å². The molecule has 1 fully saturated rings. The summed E-state index contributed by atoms with van der Waals surface area (Å²) >= 11 is 0. The molecule has 1 N–H and O–H groups in total. The lowest BCUT2D eigenvalue weighted by Crippen LogP contribution is -2.44. The first-order valence-corrected chi connectivity index (χ1v) is 10.0. The highest BCUT2D eigenvalue weighted by atomic mass is 16.6. The van der Waals surface area contributed by atoms with Crippen LogP contribution in [0, 0.1) is 10.1 Å². The number of nitrogens with one attached hydrogen (secondary N) is 1. The molecule has 1 amide bonds. The number of carbonyl (C=O) groups is 2. The molecule has 1 aliphatic heterocycles. The van der Waals surface area contributed by atoms with Crippen molar-refractivity contribution in [3.63, 3.8) is 0 Å². The fourth-order valence-corrected chi connectivity index (χ4v) is 3.43. The Hall–Kier alpha value is -3.10. The third kappa shape index (κ3) is 5.71. The SMILES string of the molecule is CN1CCN(CCCC(=O)c2ccccc2NC(=O)c2ccc([N+](=O)[O-])cc2)CC1. The van der Waals surface area contributed by atoms with E-state index >= 15 is 0 Å². The molecule has 1 saturated heterocycles. The number of piperazine rings is 1. The smallest absolute Gasteiger partial charge is 0.269 e. The average molecular weight is 410 g/mol. The Morgan fingerprint density at radius 1 is 1.03 bits per heavy atom. The number of ketones is 1. The lowest BCUT2D eigenvalue weighted by Gasteiger charge is -2.32. The molecule has 0 aromatic heterocycles. The fraction of sp³-hybridized carbons (Fsp3) is 0.364. The van der Waals surface area contributed by atoms with Gasteiger partial charge in [0, 0.05) is 55.9 Å². The van der Waals surface area contributed by atoms with Crippen LogP contribution in [0.3, 0.4) is 0 Å². The van der Waals surface area contributed by atoms with Crippen molar-refractivity contribution in [2.45, 2.75) is 12.8 Å². The molecule has 30 heavy (non-hydrogen) atoms. The molecule has 8 heteroatoms. The van der Waals surface area contributed by atoms with E-state index in [1.54, 1.807) is 24.3 Å². The molecule has 2 aromatic rings. The van der Waals surface area contributed by atoms with Gasteiger partial charge in [-0.3, -0.25) is 19.7 Å². The maximum atomic E-state index is 12.7. The Morgan fingerprint density at radius 2 is 1.70 bits per heavy atom. The van der Waals surface area contributed by atoms with Crippen molar-refractivity contribution in [3.05, 3.63) is 69.8 Å². The topological polar surface area (TPSA) is 95.8 Å². The number of nitro groups is 1. The van der Waals surface area contributed by atoms with Crippen molar-refractivity contribution < 1.29 is 14.5 Å². The van der Waals surface area contributed by atoms with Crippen LogP contribution in [0.15, 0.2) is 48.5 Å². The molecular weight excluding hydrogens is 384 g/mol. The number of nitro benzene ring substituents is 1. The number of rotatable bonds is 8. The van der Waals surface area contributed by atoms with Crippen LogP contribution in [-0.2, 0) is 0 Å². The highest BCUT2D eigenvalue weighted by Gasteiger charge is 2.17. The third-order valence-corrected chi connectivity index (χ3v) is 5.29. The zero-order valence-corrected chi connectivity index (χ0v) is 17.0. The van der Waals surface area contributed by atoms with Gasteiger partial charge in [-0.05, 0) is 44.3 Å². The summed E-state index contributed by atoms with van der Waals surface area (Å²) in [5.41, 5.74) is 1.14. The number of non-ortho nitro benzene ring substituents is 1. The highest BCUT2D eigenvalue weighted by molar-refractivity contribution is 6.09. The number of anilines is 1. The molecule has 158 valence electrons. The molecule has 0 radical (unpaired) electrons. The van der Waals surface area contributed by atoms with Crippen LogP contribution >= 0.6 is 0 Å². The first kappa shape index (κ1) is 21.6. The first-order valence-electron chi connectivity index (χ1n) is 10.0. The van der Waals surface area contributed by atoms with E-state index in [0.29, 0.717) is 17.7 Å². The maximum absolute atomic E-state index is 12.7. The standard InChI is InChI=1S/C22H26N4O4/c1-24-13-15-25(16-14-24)12-4-7-21(27)19-5-2-3-6-20(19)23-22(28)17-8-10-18(11-9-17)26(29)30/h2-3,5-6,8-11H,4,7,12-16H2,1H3,(H,23,28). The van der Waals surface area contributed by atoms with E-state index in [2.05, 4.69) is 22.2 Å². The normalized spacial score (nSPS) is 15.0. The van der Waals surface area contributed by atoms with E-state index in [1.165, 1.54) is 24.3 Å². The van der Waals surface area contributed by atoms with Crippen LogP contribution in [0.5, 0.6) is 0 Å². The quantitative estimate of drug-likeness (QED) is 0.408. The number of amides is 1. The van der Waals surface area contributed by atoms with Crippen LogP contribution in [0.1, 0.15) is 33.6 Å². The monoisotopic (exact) mass is 410 g/mol. The van der Waals surface area contributed by atoms with Gasteiger partial charge in [-0.15, -0.1) is 0 Å². The third-order valence-electron chi connectivity index (χ3n) is 5.29. The van der Waals surface area contributed by atoms with Gasteiger partial charge in [0.1, 0.15) is 0 Å². The maximum Gasteiger partial charge on any atom is 0.269 e. The Labute approximate surface area is 175 Å². The number of nitrogens with zero attached hydrogens (tertiary/aromatic N) is 3. The zero-order valence-electron chi connectivity index (χ0n) is 17.0. The van der Waals surface area contributed by atoms with Gasteiger partial charge in [0.15, 0.2) is 5.78 Å². The number of hydrogen-bond acceptors (Lipinski definition) is 6. The lowest BCUT2D eigenvalue weighted by molar-refractivity contribution is -0.384. The summed E-state index contributed by atoms with van der Waals surface area (Å²) in [4.78, 5) is 40.2. The Balaban J connectivity index is 1.58. The molecule has 0 unspecified atom stereocenters. The molecule has 0 saturated carbocycles. The molecule has 1 aliphatic rings. The number of likely N-dealkylation sites (N-methyl/N-ethyl adjacent to an activating group) is 1. The van der Waals surface area contributed by atoms with Crippen molar-refractivity contribution in [1.29, 1.82) is 0 Å². The minimum absolute atomic E-state index is 0.0104. The summed E-state index contributed by atoms with van der Waals surface area (Å²) in [7, 11) is 2.11. The van der Waals surface area contributed by atoms with Crippen molar-refractivity contribution in [2.24, 2.45) is 0 Å². The second kappa shape index (κ2) is 10.1. The van der Waals surface area contributed by atoms with Crippen LogP contribution < -0.4 is 5.32 Å². The summed E-state index contributed by atoms with van der Waals surface area (Å²) in [5, 5.41) is 13.5. The molecule has 0 bridgehead atoms. The van der Waals surface area contributed by atoms with E-state index in [-0.39, 0.29) is 17.0 Å². The van der Waals surface area contributed by atoms with Crippen LogP contribution in [0.2, 0.25) is 0 Å². The summed E-state index contributed by atoms with van der Waals surface area (Å²) in [6.07, 6.45) is 1.18. The summed E-state index contributed by atoms with van der Waals surface area (Å²) in [6, 6.07) is 12.3. The number of Topliss-reactive ketones (excluding diaryl/α,β-unsaturated/α-hetero) is 1. The number of hydrogen-bond donors (Lipinski definition) is 1. The number of para-hydroxylation sites is 1. The number of carbonyl (C=O) groups excluding carboxylic acids is 2. The van der Waals surface area contributed by atoms with E-state index < -0.39 is 10.8 Å². The van der Waals surface area contributed by atoms with Crippen LogP contribution in [0.25, 0.3) is 0 Å². The Bertz CT molecular complexity index is 906. The van der Waals surface area contributed by atoms with Gasteiger partial charge < -0.3 is 15.1 Å². The lowest BCUT2D eigenvalue weighted by atomic mass is 10.0. The zero-order chi connectivity index (χ0) is 21.5. The van der Waals surface area contributed by atoms with Gasteiger partial charge in [0.25, 0.3) is 11.6 Å². The van der Waals surface area contributed by atoms with Crippen LogP contribution in [0.4, 0.5) is 11.4 Å². The molecular formula is C22H26N4O4. The number of benzene rings is 2. The van der Waals surface area contributed by atoms with Crippen LogP contribution in [-0.4, -0.2) is 66.2 Å². The van der Waals surface area contributed by atoms with Crippen molar-refractivity contribution in [2.75, 3.05) is 45.1 Å². The van der Waals surface area contributed by atoms with E-state index in [0.717, 1.165) is 39.1 Å². The molecule has 1 heterocycles. The van der Waals surface area contributed by atoms with E-state index in [1.807, 2.05) is 0 Å². The van der Waals surface area contributed by atoms with Gasteiger partial charge in [0.05, 0.1) is 10.6 Å². The summed E-state index contributed by atoms with van der Waals surface area (Å²) in [5.74, 6) is -0.425. The Kier molecular flexibility index (Phi) is 7.26. The van der Waals surface area contributed by atoms with Gasteiger partial charge in [0.2, 0.25) is 0 Å². The first-order chi connectivity index (χ1) is 14.4. The predicted molar refractivity (Wildman–Crippen MR) is 115 cm³/mol. The second-order valence-corrected chi connectivity index (χ2v) is 7.48. The minimum atomic E-state index is -0.516. The molecule has 0 aliphatic carbocycles. The van der Waals surface area contributed by atoms with Gasteiger partial charge in [-0.25, -0.2) is 0 Å². The summed E-state index contributed by atoms with van der Waals surface area (Å²) in [6.45, 7) is 5.02. The average Bonchev–Trinajstić information content (AvgIpc) is 2.75. The molecule has 2 aromatic carbocycles. The highest BCUT2D eigenvalue weighted by Crippen LogP contribution is 2.20. The molecule has 3 rings (SSSR count). The van der Waals surface area contributed by atoms with E-state index in [4.69, 9.17) is 0 Å². The second-order valence-electron chi connectivity index (χ2n) is 7.48. The Morgan fingerprint density at radius 3 is 2.37 bits per heavy atom. The molecule has 8 nitrogen and oxygen atoms in total. The molecule has 0 spiro atoms. The summed E-state index contributed by atoms with van der Waals surface area (Å²) < 4.78 is 0. The largest absolute Gasteiger partial charge is 0.321 e. The predicted octanol–water partition coefficient (Wildman–Crippen LogP) is 3.06.